The van der Waals surface area contributed by atoms with Crippen LogP contribution in [0.15, 0.2) is 12.1 Å². The second-order valence-corrected chi connectivity index (χ2v) is 3.33. The van der Waals surface area contributed by atoms with Gasteiger partial charge in [-0.05, 0) is 12.6 Å². The van der Waals surface area contributed by atoms with Crippen LogP contribution in [-0.4, -0.2) is 12.5 Å². The van der Waals surface area contributed by atoms with E-state index in [2.05, 4.69) is 10.6 Å². The zero-order valence-corrected chi connectivity index (χ0v) is 8.10. The topological polar surface area (TPSA) is 41.1 Å². The molecule has 1 unspecified atom stereocenters. The summed E-state index contributed by atoms with van der Waals surface area (Å²) in [4.78, 5) is 11.4. The second kappa shape index (κ2) is 3.58. The Balaban J connectivity index is 2.44. The van der Waals surface area contributed by atoms with E-state index in [9.17, 15) is 13.6 Å². The molecule has 0 fully saturated rings. The molecule has 3 nitrogen and oxygen atoms in total. The molecule has 2 rings (SSSR count). The molecule has 1 aliphatic heterocycles. The summed E-state index contributed by atoms with van der Waals surface area (Å²) in [5, 5.41) is 5.39. The minimum absolute atomic E-state index is 0.281. The van der Waals surface area contributed by atoms with Crippen LogP contribution in [0.2, 0.25) is 0 Å². The largest absolute Gasteiger partial charge is 0.324 e. The van der Waals surface area contributed by atoms with Crippen molar-refractivity contribution in [2.24, 2.45) is 0 Å². The van der Waals surface area contributed by atoms with Crippen molar-refractivity contribution in [3.05, 3.63) is 29.3 Å². The number of hydrogen-bond acceptors (Lipinski definition) is 2. The summed E-state index contributed by atoms with van der Waals surface area (Å²) in [6.45, 7) is 2.42. The Kier molecular flexibility index (Phi) is 2.40. The van der Waals surface area contributed by atoms with E-state index < -0.39 is 17.7 Å². The molecule has 1 atom stereocenters. The van der Waals surface area contributed by atoms with Crippen molar-refractivity contribution in [3.63, 3.8) is 0 Å². The zero-order chi connectivity index (χ0) is 11.0. The average molecular weight is 212 g/mol. The van der Waals surface area contributed by atoms with Crippen molar-refractivity contribution in [2.75, 3.05) is 11.9 Å². The van der Waals surface area contributed by atoms with Crippen molar-refractivity contribution in [3.8, 4) is 0 Å². The summed E-state index contributed by atoms with van der Waals surface area (Å²) < 4.78 is 25.8. The molecular formula is C10H10F2N2O. The number of halogens is 2. The first-order valence-corrected chi connectivity index (χ1v) is 4.66. The summed E-state index contributed by atoms with van der Waals surface area (Å²) in [7, 11) is 0. The van der Waals surface area contributed by atoms with Crippen molar-refractivity contribution in [1.82, 2.24) is 5.32 Å². The van der Waals surface area contributed by atoms with E-state index in [1.165, 1.54) is 0 Å². The molecule has 5 heteroatoms. The zero-order valence-electron chi connectivity index (χ0n) is 8.10. The summed E-state index contributed by atoms with van der Waals surface area (Å²) in [6, 6.07) is 1.47. The molecule has 1 amide bonds. The van der Waals surface area contributed by atoms with Crippen LogP contribution in [0.4, 0.5) is 14.5 Å². The van der Waals surface area contributed by atoms with Gasteiger partial charge in [0.05, 0.1) is 0 Å². The molecule has 1 aliphatic rings. The van der Waals surface area contributed by atoms with Crippen molar-refractivity contribution in [2.45, 2.75) is 13.0 Å². The van der Waals surface area contributed by atoms with E-state index in [0.717, 1.165) is 12.1 Å². The molecule has 0 saturated carbocycles. The van der Waals surface area contributed by atoms with E-state index in [0.29, 0.717) is 17.8 Å². The summed E-state index contributed by atoms with van der Waals surface area (Å²) in [5.74, 6) is -2.17. The number of nitrogens with one attached hydrogen (secondary N) is 2. The molecule has 80 valence electrons. The Morgan fingerprint density at radius 3 is 2.73 bits per heavy atom. The summed E-state index contributed by atoms with van der Waals surface area (Å²) in [6.07, 6.45) is 0. The molecule has 0 aromatic heterocycles. The predicted octanol–water partition coefficient (Wildman–Crippen LogP) is 1.57. The van der Waals surface area contributed by atoms with Gasteiger partial charge in [-0.1, -0.05) is 6.92 Å². The van der Waals surface area contributed by atoms with E-state index in [4.69, 9.17) is 0 Å². The van der Waals surface area contributed by atoms with Crippen molar-refractivity contribution < 1.29 is 13.6 Å². The highest BCUT2D eigenvalue weighted by atomic mass is 19.2. The first kappa shape index (κ1) is 10.0. The third-order valence-electron chi connectivity index (χ3n) is 2.33. The Hall–Kier alpha value is -1.49. The number of hydrogen-bond donors (Lipinski definition) is 2. The normalized spacial score (nSPS) is 18.9. The first-order chi connectivity index (χ1) is 7.13. The van der Waals surface area contributed by atoms with Crippen LogP contribution < -0.4 is 10.6 Å². The molecule has 0 radical (unpaired) electrons. The number of likely N-dealkylation sites (N-methyl/N-ethyl adjacent to an activating group) is 1. The van der Waals surface area contributed by atoms with Gasteiger partial charge in [-0.3, -0.25) is 4.79 Å². The maximum Gasteiger partial charge on any atom is 0.246 e. The van der Waals surface area contributed by atoms with Gasteiger partial charge in [-0.25, -0.2) is 8.78 Å². The predicted molar refractivity (Wildman–Crippen MR) is 51.4 cm³/mol. The Labute approximate surface area is 85.5 Å². The number of carbonyl (C=O) groups excluding carboxylic acids is 1. The van der Waals surface area contributed by atoms with Gasteiger partial charge < -0.3 is 10.6 Å². The lowest BCUT2D eigenvalue weighted by Gasteiger charge is -2.08. The van der Waals surface area contributed by atoms with Gasteiger partial charge in [0, 0.05) is 17.3 Å². The summed E-state index contributed by atoms with van der Waals surface area (Å²) in [5.41, 5.74) is 0.797. The lowest BCUT2D eigenvalue weighted by atomic mass is 10.1. The monoisotopic (exact) mass is 212 g/mol. The molecule has 2 N–H and O–H groups in total. The van der Waals surface area contributed by atoms with Crippen LogP contribution in [0.5, 0.6) is 0 Å². The van der Waals surface area contributed by atoms with E-state index in [1.807, 2.05) is 6.92 Å². The van der Waals surface area contributed by atoms with Crippen LogP contribution in [0, 0.1) is 11.6 Å². The number of fused-ring (bicyclic) bond motifs is 1. The minimum atomic E-state index is -0.953. The van der Waals surface area contributed by atoms with Gasteiger partial charge in [0.2, 0.25) is 5.91 Å². The van der Waals surface area contributed by atoms with Crippen LogP contribution in [0.1, 0.15) is 18.5 Å². The highest BCUT2D eigenvalue weighted by Crippen LogP contribution is 2.32. The smallest absolute Gasteiger partial charge is 0.246 e. The molecule has 1 aromatic carbocycles. The van der Waals surface area contributed by atoms with Gasteiger partial charge in [0.1, 0.15) is 6.04 Å². The highest BCUT2D eigenvalue weighted by Gasteiger charge is 2.31. The third kappa shape index (κ3) is 1.59. The number of benzene rings is 1. The number of rotatable bonds is 2. The van der Waals surface area contributed by atoms with Crippen LogP contribution in [0.25, 0.3) is 0 Å². The molecule has 0 saturated heterocycles. The third-order valence-corrected chi connectivity index (χ3v) is 2.33. The van der Waals surface area contributed by atoms with E-state index in [1.54, 1.807) is 0 Å². The van der Waals surface area contributed by atoms with Gasteiger partial charge in [0.25, 0.3) is 0 Å². The van der Waals surface area contributed by atoms with Crippen LogP contribution in [0.3, 0.4) is 0 Å². The maximum absolute atomic E-state index is 13.0. The van der Waals surface area contributed by atoms with Crippen molar-refractivity contribution in [1.29, 1.82) is 0 Å². The van der Waals surface area contributed by atoms with E-state index >= 15 is 0 Å². The van der Waals surface area contributed by atoms with Gasteiger partial charge >= 0.3 is 0 Å². The Bertz CT molecular complexity index is 420. The average Bonchev–Trinajstić information content (AvgIpc) is 2.46. The molecule has 1 heterocycles. The fraction of sp³-hybridized carbons (Fsp3) is 0.300. The van der Waals surface area contributed by atoms with Crippen molar-refractivity contribution >= 4 is 11.6 Å². The molecular weight excluding hydrogens is 202 g/mol. The SMILES string of the molecule is CCNC1C(=O)Nc2cc(F)c(F)cc21. The van der Waals surface area contributed by atoms with E-state index in [-0.39, 0.29) is 5.91 Å². The quantitative estimate of drug-likeness (QED) is 0.781. The fourth-order valence-corrected chi connectivity index (χ4v) is 1.66. The molecule has 1 aromatic rings. The Morgan fingerprint density at radius 2 is 2.07 bits per heavy atom. The maximum atomic E-state index is 13.0. The molecule has 0 spiro atoms. The lowest BCUT2D eigenvalue weighted by Crippen LogP contribution is -2.27. The minimum Gasteiger partial charge on any atom is -0.324 e. The highest BCUT2D eigenvalue weighted by molar-refractivity contribution is 6.02. The molecule has 0 bridgehead atoms. The van der Waals surface area contributed by atoms with Gasteiger partial charge in [-0.2, -0.15) is 0 Å². The van der Waals surface area contributed by atoms with Crippen LogP contribution in [-0.2, 0) is 4.79 Å². The Morgan fingerprint density at radius 1 is 1.40 bits per heavy atom. The summed E-state index contributed by atoms with van der Waals surface area (Å²) >= 11 is 0. The second-order valence-electron chi connectivity index (χ2n) is 3.33. The standard InChI is InChI=1S/C10H10F2N2O/c1-2-13-9-5-3-6(11)7(12)4-8(5)14-10(9)15/h3-4,9,13H,2H2,1H3,(H,14,15). The molecule has 0 aliphatic carbocycles. The van der Waals surface area contributed by atoms with Gasteiger partial charge in [-0.15, -0.1) is 0 Å². The first-order valence-electron chi connectivity index (χ1n) is 4.66. The number of carbonyl (C=O) groups is 1. The lowest BCUT2D eigenvalue weighted by molar-refractivity contribution is -0.117. The number of anilines is 1. The molecule has 15 heavy (non-hydrogen) atoms. The fourth-order valence-electron chi connectivity index (χ4n) is 1.66. The van der Waals surface area contributed by atoms with Gasteiger partial charge in [0.15, 0.2) is 11.6 Å². The number of amides is 1. The van der Waals surface area contributed by atoms with Crippen LogP contribution >= 0.6 is 0 Å².